The van der Waals surface area contributed by atoms with Crippen molar-refractivity contribution in [3.05, 3.63) is 41.7 Å². The van der Waals surface area contributed by atoms with Gasteiger partial charge in [0.1, 0.15) is 16.7 Å². The summed E-state index contributed by atoms with van der Waals surface area (Å²) in [4.78, 5) is 11.2. The summed E-state index contributed by atoms with van der Waals surface area (Å²) in [5, 5.41) is 12.8. The molecule has 21 heavy (non-hydrogen) atoms. The molecule has 0 saturated heterocycles. The maximum Gasteiger partial charge on any atom is 0.316 e. The topological polar surface area (TPSA) is 63.3 Å². The number of hydrogen-bond donors (Lipinski definition) is 1. The minimum atomic E-state index is -0.784. The van der Waals surface area contributed by atoms with Gasteiger partial charge in [0.15, 0.2) is 0 Å². The monoisotopic (exact) mass is 305 g/mol. The van der Waals surface area contributed by atoms with Crippen LogP contribution in [-0.2, 0) is 10.5 Å². The molecule has 4 nitrogen and oxygen atoms in total. The van der Waals surface area contributed by atoms with E-state index in [0.29, 0.717) is 11.5 Å². The molecule has 0 aliphatic rings. The molecule has 1 atom stereocenters. The maximum atomic E-state index is 11.2. The van der Waals surface area contributed by atoms with Gasteiger partial charge in [-0.05, 0) is 12.8 Å². The number of benzene rings is 1. The molecule has 1 unspecified atom stereocenters. The number of carboxylic acids is 1. The number of carbonyl (C=O) groups is 1. The lowest BCUT2D eigenvalue weighted by atomic mass is 10.1. The summed E-state index contributed by atoms with van der Waals surface area (Å²) < 4.78 is 5.30. The second-order valence-corrected chi connectivity index (χ2v) is 6.49. The van der Waals surface area contributed by atoms with Crippen LogP contribution in [0.25, 0.3) is 11.3 Å². The summed E-state index contributed by atoms with van der Waals surface area (Å²) in [7, 11) is 0. The molecule has 0 aliphatic heterocycles. The van der Waals surface area contributed by atoms with Crippen LogP contribution in [0.5, 0.6) is 0 Å². The summed E-state index contributed by atoms with van der Waals surface area (Å²) in [6.07, 6.45) is 0. The smallest absolute Gasteiger partial charge is 0.316 e. The van der Waals surface area contributed by atoms with Crippen LogP contribution in [0.2, 0.25) is 0 Å². The van der Waals surface area contributed by atoms with Gasteiger partial charge in [-0.3, -0.25) is 4.79 Å². The third kappa shape index (κ3) is 4.11. The molecule has 0 fully saturated rings. The number of thioether (sulfide) groups is 1. The first-order chi connectivity index (χ1) is 9.97. The van der Waals surface area contributed by atoms with E-state index in [-0.39, 0.29) is 5.92 Å². The number of aromatic nitrogens is 1. The van der Waals surface area contributed by atoms with Crippen molar-refractivity contribution in [2.45, 2.75) is 31.8 Å². The van der Waals surface area contributed by atoms with Gasteiger partial charge in [-0.15, -0.1) is 11.8 Å². The molecule has 1 heterocycles. The van der Waals surface area contributed by atoms with E-state index in [1.165, 1.54) is 17.3 Å². The summed E-state index contributed by atoms with van der Waals surface area (Å²) in [5.74, 6) is 0.497. The molecule has 1 N–H and O–H groups in total. The van der Waals surface area contributed by atoms with Crippen molar-refractivity contribution in [3.63, 3.8) is 0 Å². The third-order valence-electron chi connectivity index (χ3n) is 3.16. The summed E-state index contributed by atoms with van der Waals surface area (Å²) in [5.41, 5.74) is 2.97. The van der Waals surface area contributed by atoms with Gasteiger partial charge in [-0.25, -0.2) is 0 Å². The van der Waals surface area contributed by atoms with Gasteiger partial charge in [-0.2, -0.15) is 0 Å². The first-order valence-electron chi connectivity index (χ1n) is 6.84. The van der Waals surface area contributed by atoms with Gasteiger partial charge >= 0.3 is 5.97 Å². The summed E-state index contributed by atoms with van der Waals surface area (Å²) in [6, 6.07) is 9.92. The van der Waals surface area contributed by atoms with E-state index in [0.717, 1.165) is 11.3 Å². The van der Waals surface area contributed by atoms with Crippen molar-refractivity contribution in [3.8, 4) is 11.3 Å². The van der Waals surface area contributed by atoms with Crippen LogP contribution in [0.3, 0.4) is 0 Å². The molecule has 0 aliphatic carbocycles. The predicted octanol–water partition coefficient (Wildman–Crippen LogP) is 3.99. The van der Waals surface area contributed by atoms with E-state index in [9.17, 15) is 4.79 Å². The van der Waals surface area contributed by atoms with E-state index in [1.807, 2.05) is 51.1 Å². The van der Waals surface area contributed by atoms with E-state index in [4.69, 9.17) is 9.63 Å². The Kier molecular flexibility index (Phi) is 5.07. The van der Waals surface area contributed by atoms with Crippen molar-refractivity contribution >= 4 is 17.7 Å². The van der Waals surface area contributed by atoms with Gasteiger partial charge in [-0.1, -0.05) is 48.8 Å². The molecule has 0 bridgehead atoms. The lowest BCUT2D eigenvalue weighted by Crippen LogP contribution is -2.22. The Morgan fingerprint density at radius 3 is 2.57 bits per heavy atom. The van der Waals surface area contributed by atoms with Crippen LogP contribution in [0.15, 0.2) is 34.9 Å². The van der Waals surface area contributed by atoms with Crippen LogP contribution in [-0.4, -0.2) is 21.5 Å². The number of aliphatic carboxylic acids is 1. The number of aryl methyl sites for hydroxylation is 1. The van der Waals surface area contributed by atoms with Crippen LogP contribution >= 0.6 is 11.8 Å². The minimum absolute atomic E-state index is 0.0759. The van der Waals surface area contributed by atoms with Crippen LogP contribution in [0.4, 0.5) is 0 Å². The van der Waals surface area contributed by atoms with E-state index in [1.54, 1.807) is 0 Å². The van der Waals surface area contributed by atoms with Gasteiger partial charge in [0, 0.05) is 11.6 Å². The number of nitrogens with zero attached hydrogens (tertiary/aromatic N) is 1. The number of carboxylic acid groups (broad SMARTS) is 1. The summed E-state index contributed by atoms with van der Waals surface area (Å²) in [6.45, 7) is 5.85. The zero-order valence-corrected chi connectivity index (χ0v) is 13.2. The minimum Gasteiger partial charge on any atom is -0.480 e. The zero-order chi connectivity index (χ0) is 15.4. The van der Waals surface area contributed by atoms with Crippen LogP contribution in [0.1, 0.15) is 25.2 Å². The fraction of sp³-hybridized carbons (Fsp3) is 0.375. The molecule has 5 heteroatoms. The fourth-order valence-corrected chi connectivity index (χ4v) is 2.97. The quantitative estimate of drug-likeness (QED) is 0.874. The van der Waals surface area contributed by atoms with Crippen molar-refractivity contribution in [1.82, 2.24) is 5.16 Å². The lowest BCUT2D eigenvalue weighted by molar-refractivity contribution is -0.137. The normalized spacial score (nSPS) is 12.6. The molecule has 2 rings (SSSR count). The molecule has 0 amide bonds. The average Bonchev–Trinajstić information content (AvgIpc) is 2.87. The largest absolute Gasteiger partial charge is 0.480 e. The standard InChI is InChI=1S/C16H19NO3S/c1-10(2)15(16(18)19)21-9-13-8-14(17-20-13)12-6-4-11(3)5-7-12/h4-8,10,15H,9H2,1-3H3,(H,18,19). The van der Waals surface area contributed by atoms with E-state index in [2.05, 4.69) is 5.16 Å². The van der Waals surface area contributed by atoms with Gasteiger partial charge in [0.05, 0.1) is 5.75 Å². The van der Waals surface area contributed by atoms with Crippen LogP contribution in [0, 0.1) is 12.8 Å². The molecule has 1 aromatic heterocycles. The highest BCUT2D eigenvalue weighted by molar-refractivity contribution is 7.99. The van der Waals surface area contributed by atoms with Crippen molar-refractivity contribution < 1.29 is 14.4 Å². The predicted molar refractivity (Wildman–Crippen MR) is 84.2 cm³/mol. The Labute approximate surface area is 128 Å². The summed E-state index contributed by atoms with van der Waals surface area (Å²) >= 11 is 1.37. The van der Waals surface area contributed by atoms with Crippen LogP contribution < -0.4 is 0 Å². The highest BCUT2D eigenvalue weighted by atomic mass is 32.2. The Morgan fingerprint density at radius 2 is 2.00 bits per heavy atom. The van der Waals surface area contributed by atoms with E-state index < -0.39 is 11.2 Å². The Balaban J connectivity index is 2.03. The Bertz CT molecular complexity index is 604. The molecule has 0 radical (unpaired) electrons. The Hall–Kier alpha value is -1.75. The fourth-order valence-electron chi connectivity index (χ4n) is 1.96. The SMILES string of the molecule is Cc1ccc(-c2cc(CSC(C(=O)O)C(C)C)on2)cc1. The first-order valence-corrected chi connectivity index (χ1v) is 7.89. The average molecular weight is 305 g/mol. The molecule has 2 aromatic rings. The van der Waals surface area contributed by atoms with Crippen molar-refractivity contribution in [2.75, 3.05) is 0 Å². The van der Waals surface area contributed by atoms with Crippen molar-refractivity contribution in [2.24, 2.45) is 5.92 Å². The zero-order valence-electron chi connectivity index (χ0n) is 12.4. The van der Waals surface area contributed by atoms with Gasteiger partial charge < -0.3 is 9.63 Å². The first kappa shape index (κ1) is 15.6. The molecule has 1 aromatic carbocycles. The third-order valence-corrected chi connectivity index (χ3v) is 4.72. The van der Waals surface area contributed by atoms with E-state index >= 15 is 0 Å². The van der Waals surface area contributed by atoms with Gasteiger partial charge in [0.2, 0.25) is 0 Å². The highest BCUT2D eigenvalue weighted by Crippen LogP contribution is 2.26. The second-order valence-electron chi connectivity index (χ2n) is 5.36. The Morgan fingerprint density at radius 1 is 1.33 bits per heavy atom. The molecule has 0 saturated carbocycles. The molecular weight excluding hydrogens is 286 g/mol. The molecule has 0 spiro atoms. The number of rotatable bonds is 6. The van der Waals surface area contributed by atoms with Gasteiger partial charge in [0.25, 0.3) is 0 Å². The van der Waals surface area contributed by atoms with Crippen molar-refractivity contribution in [1.29, 1.82) is 0 Å². The molecular formula is C16H19NO3S. The molecule has 112 valence electrons. The maximum absolute atomic E-state index is 11.2. The highest BCUT2D eigenvalue weighted by Gasteiger charge is 2.22. The lowest BCUT2D eigenvalue weighted by Gasteiger charge is -2.14. The number of hydrogen-bond acceptors (Lipinski definition) is 4. The second kappa shape index (κ2) is 6.80.